The van der Waals surface area contributed by atoms with Crippen LogP contribution in [-0.4, -0.2) is 23.4 Å². The van der Waals surface area contributed by atoms with Crippen LogP contribution in [0, 0.1) is 0 Å². The minimum Gasteiger partial charge on any atom is -0.447 e. The van der Waals surface area contributed by atoms with Crippen LogP contribution in [0.1, 0.15) is 13.3 Å². The van der Waals surface area contributed by atoms with E-state index in [4.69, 9.17) is 5.73 Å². The summed E-state index contributed by atoms with van der Waals surface area (Å²) >= 11 is 0. The van der Waals surface area contributed by atoms with E-state index in [1.807, 2.05) is 0 Å². The Labute approximate surface area is 65.6 Å². The molecule has 11 heavy (non-hydrogen) atoms. The fourth-order valence-electron chi connectivity index (χ4n) is 0.596. The third-order valence-electron chi connectivity index (χ3n) is 1.11. The molecule has 0 saturated heterocycles. The van der Waals surface area contributed by atoms with E-state index in [0.717, 1.165) is 0 Å². The van der Waals surface area contributed by atoms with E-state index >= 15 is 0 Å². The first kappa shape index (κ1) is 9.97. The number of hydrogen-bond acceptors (Lipinski definition) is 3. The van der Waals surface area contributed by atoms with Crippen LogP contribution in [0.15, 0.2) is 12.7 Å². The highest BCUT2D eigenvalue weighted by Gasteiger charge is 2.19. The Balaban J connectivity index is 3.71. The molecule has 0 aromatic carbocycles. The number of carbonyl (C=O) groups excluding carboxylic acids is 1. The minimum atomic E-state index is -1.06. The van der Waals surface area contributed by atoms with Crippen molar-refractivity contribution in [3.63, 3.8) is 0 Å². The summed E-state index contributed by atoms with van der Waals surface area (Å²) in [6.45, 7) is 4.88. The van der Waals surface area contributed by atoms with Crippen molar-refractivity contribution in [3.8, 4) is 0 Å². The van der Waals surface area contributed by atoms with Gasteiger partial charge in [0.1, 0.15) is 6.61 Å². The fourth-order valence-corrected chi connectivity index (χ4v) is 0.596. The maximum atomic E-state index is 10.1. The third-order valence-corrected chi connectivity index (χ3v) is 1.11. The van der Waals surface area contributed by atoms with Gasteiger partial charge in [-0.25, -0.2) is 4.79 Å². The summed E-state index contributed by atoms with van der Waals surface area (Å²) in [4.78, 5) is 10.1. The molecular weight excluding hydrogens is 146 g/mol. The Morgan fingerprint density at radius 2 is 2.45 bits per heavy atom. The average molecular weight is 159 g/mol. The predicted octanol–water partition coefficient (Wildman–Crippen LogP) is 0.409. The molecule has 0 heterocycles. The van der Waals surface area contributed by atoms with Crippen LogP contribution in [0.2, 0.25) is 0 Å². The number of hydrogen-bond donors (Lipinski definition) is 2. The van der Waals surface area contributed by atoms with Crippen LogP contribution >= 0.6 is 0 Å². The van der Waals surface area contributed by atoms with E-state index in [1.165, 1.54) is 6.92 Å². The Hall–Kier alpha value is -1.03. The van der Waals surface area contributed by atoms with E-state index in [1.54, 1.807) is 6.08 Å². The summed E-state index contributed by atoms with van der Waals surface area (Å²) in [7, 11) is 0. The van der Waals surface area contributed by atoms with Gasteiger partial charge in [-0.15, -0.1) is 6.58 Å². The predicted molar refractivity (Wildman–Crippen MR) is 41.0 cm³/mol. The maximum absolute atomic E-state index is 10.1. The summed E-state index contributed by atoms with van der Waals surface area (Å²) in [5.74, 6) is 0. The van der Waals surface area contributed by atoms with E-state index in [0.29, 0.717) is 6.42 Å². The highest BCUT2D eigenvalue weighted by molar-refractivity contribution is 5.64. The molecule has 4 heteroatoms. The van der Waals surface area contributed by atoms with Crippen LogP contribution in [0.4, 0.5) is 4.79 Å². The summed E-state index contributed by atoms with van der Waals surface area (Å²) < 4.78 is 4.40. The van der Waals surface area contributed by atoms with E-state index in [9.17, 15) is 9.90 Å². The molecule has 1 atom stereocenters. The lowest BCUT2D eigenvalue weighted by molar-refractivity contribution is -0.00276. The fraction of sp³-hybridized carbons (Fsp3) is 0.571. The standard InChI is InChI=1S/C7H13NO3/c1-3-4-7(2,10)5-11-6(8)9/h3,10H,1,4-5H2,2H3,(H2,8,9). The summed E-state index contributed by atoms with van der Waals surface area (Å²) in [5, 5.41) is 9.36. The molecule has 0 aliphatic carbocycles. The van der Waals surface area contributed by atoms with Crippen molar-refractivity contribution in [2.24, 2.45) is 5.73 Å². The van der Waals surface area contributed by atoms with E-state index < -0.39 is 11.7 Å². The maximum Gasteiger partial charge on any atom is 0.404 e. The number of nitrogens with two attached hydrogens (primary N) is 1. The van der Waals surface area contributed by atoms with Crippen molar-refractivity contribution in [1.29, 1.82) is 0 Å². The molecule has 4 nitrogen and oxygen atoms in total. The number of amides is 1. The first-order valence-electron chi connectivity index (χ1n) is 3.23. The van der Waals surface area contributed by atoms with Crippen molar-refractivity contribution in [2.45, 2.75) is 18.9 Å². The smallest absolute Gasteiger partial charge is 0.404 e. The quantitative estimate of drug-likeness (QED) is 0.583. The molecule has 1 amide bonds. The van der Waals surface area contributed by atoms with Gasteiger partial charge < -0.3 is 15.6 Å². The highest BCUT2D eigenvalue weighted by Crippen LogP contribution is 2.09. The molecule has 0 fully saturated rings. The second-order valence-corrected chi connectivity index (χ2v) is 2.60. The Bertz CT molecular complexity index is 154. The van der Waals surface area contributed by atoms with Gasteiger partial charge in [-0.05, 0) is 13.3 Å². The second-order valence-electron chi connectivity index (χ2n) is 2.60. The number of rotatable bonds is 4. The zero-order chi connectivity index (χ0) is 8.91. The Morgan fingerprint density at radius 3 is 2.82 bits per heavy atom. The molecule has 0 bridgehead atoms. The normalized spacial score (nSPS) is 15.1. The van der Waals surface area contributed by atoms with Gasteiger partial charge in [0.25, 0.3) is 0 Å². The van der Waals surface area contributed by atoms with Crippen LogP contribution in [-0.2, 0) is 4.74 Å². The van der Waals surface area contributed by atoms with Gasteiger partial charge in [0.15, 0.2) is 0 Å². The number of primary amides is 1. The molecule has 0 radical (unpaired) electrons. The third kappa shape index (κ3) is 5.42. The van der Waals surface area contributed by atoms with Crippen molar-refractivity contribution < 1.29 is 14.6 Å². The molecule has 64 valence electrons. The zero-order valence-electron chi connectivity index (χ0n) is 6.54. The van der Waals surface area contributed by atoms with Crippen molar-refractivity contribution in [3.05, 3.63) is 12.7 Å². The van der Waals surface area contributed by atoms with Gasteiger partial charge >= 0.3 is 6.09 Å². The van der Waals surface area contributed by atoms with Gasteiger partial charge in [-0.2, -0.15) is 0 Å². The number of aliphatic hydroxyl groups is 1. The summed E-state index contributed by atoms with van der Waals surface area (Å²) in [6, 6.07) is 0. The first-order chi connectivity index (χ1) is 4.98. The van der Waals surface area contributed by atoms with Gasteiger partial charge in [0, 0.05) is 0 Å². The Kier molecular flexibility index (Phi) is 3.60. The van der Waals surface area contributed by atoms with Gasteiger partial charge in [0.2, 0.25) is 0 Å². The molecule has 1 unspecified atom stereocenters. The van der Waals surface area contributed by atoms with Crippen molar-refractivity contribution in [2.75, 3.05) is 6.61 Å². The zero-order valence-corrected chi connectivity index (χ0v) is 6.54. The molecule has 0 aliphatic rings. The highest BCUT2D eigenvalue weighted by atomic mass is 16.6. The summed E-state index contributed by atoms with van der Waals surface area (Å²) in [5.41, 5.74) is 3.64. The lowest BCUT2D eigenvalue weighted by atomic mass is 10.0. The van der Waals surface area contributed by atoms with E-state index in [2.05, 4.69) is 11.3 Å². The minimum absolute atomic E-state index is 0.103. The molecule has 0 spiro atoms. The average Bonchev–Trinajstić information content (AvgIpc) is 1.84. The molecule has 0 aromatic heterocycles. The van der Waals surface area contributed by atoms with Crippen LogP contribution in [0.5, 0.6) is 0 Å². The van der Waals surface area contributed by atoms with Crippen LogP contribution in [0.3, 0.4) is 0 Å². The monoisotopic (exact) mass is 159 g/mol. The van der Waals surface area contributed by atoms with Gasteiger partial charge in [-0.3, -0.25) is 0 Å². The van der Waals surface area contributed by atoms with Crippen LogP contribution < -0.4 is 5.73 Å². The van der Waals surface area contributed by atoms with Crippen molar-refractivity contribution in [1.82, 2.24) is 0 Å². The second kappa shape index (κ2) is 3.98. The summed E-state index contributed by atoms with van der Waals surface area (Å²) in [6.07, 6.45) is 1.03. The largest absolute Gasteiger partial charge is 0.447 e. The molecule has 3 N–H and O–H groups in total. The number of carbonyl (C=O) groups is 1. The lowest BCUT2D eigenvalue weighted by Crippen LogP contribution is -2.32. The topological polar surface area (TPSA) is 72.6 Å². The molecule has 0 rings (SSSR count). The van der Waals surface area contributed by atoms with Crippen LogP contribution in [0.25, 0.3) is 0 Å². The first-order valence-corrected chi connectivity index (χ1v) is 3.23. The van der Waals surface area contributed by atoms with Crippen molar-refractivity contribution >= 4 is 6.09 Å². The molecular formula is C7H13NO3. The SMILES string of the molecule is C=CCC(C)(O)COC(N)=O. The molecule has 0 saturated carbocycles. The molecule has 0 aliphatic heterocycles. The Morgan fingerprint density at radius 1 is 1.91 bits per heavy atom. The molecule has 0 aromatic rings. The number of ether oxygens (including phenoxy) is 1. The van der Waals surface area contributed by atoms with Gasteiger partial charge in [-0.1, -0.05) is 6.08 Å². The lowest BCUT2D eigenvalue weighted by Gasteiger charge is -2.19. The van der Waals surface area contributed by atoms with Gasteiger partial charge in [0.05, 0.1) is 5.60 Å². The van der Waals surface area contributed by atoms with E-state index in [-0.39, 0.29) is 6.61 Å².